The van der Waals surface area contributed by atoms with E-state index < -0.39 is 26.1 Å². The van der Waals surface area contributed by atoms with Crippen molar-refractivity contribution in [2.75, 3.05) is 31.1 Å². The molecule has 1 aromatic carbocycles. The predicted molar refractivity (Wildman–Crippen MR) is 138 cm³/mol. The van der Waals surface area contributed by atoms with E-state index in [-0.39, 0.29) is 40.5 Å². The molecule has 1 aliphatic carbocycles. The maximum Gasteiger partial charge on any atom is 0.252 e. The average molecular weight is 549 g/mol. The molecular formula is C24H28N4O5S3. The summed E-state index contributed by atoms with van der Waals surface area (Å²) < 4.78 is 57.3. The summed E-state index contributed by atoms with van der Waals surface area (Å²) in [6.07, 6.45) is 5.38. The van der Waals surface area contributed by atoms with Gasteiger partial charge < -0.3 is 10.0 Å². The van der Waals surface area contributed by atoms with Crippen LogP contribution in [0.3, 0.4) is 0 Å². The molecule has 5 rings (SSSR count). The van der Waals surface area contributed by atoms with E-state index in [1.54, 1.807) is 53.9 Å². The lowest BCUT2D eigenvalue weighted by atomic mass is 9.93. The summed E-state index contributed by atoms with van der Waals surface area (Å²) in [4.78, 5) is 6.18. The summed E-state index contributed by atoms with van der Waals surface area (Å²) in [6.45, 7) is 0.952. The molecule has 2 aromatic heterocycles. The van der Waals surface area contributed by atoms with Gasteiger partial charge in [0.25, 0.3) is 10.0 Å². The van der Waals surface area contributed by atoms with Crippen molar-refractivity contribution in [1.29, 1.82) is 0 Å². The number of piperazine rings is 1. The molecule has 3 heterocycles. The van der Waals surface area contributed by atoms with Gasteiger partial charge in [0.05, 0.1) is 6.04 Å². The number of rotatable bonds is 8. The fourth-order valence-corrected chi connectivity index (χ4v) is 8.98. The molecule has 36 heavy (non-hydrogen) atoms. The van der Waals surface area contributed by atoms with Crippen LogP contribution in [0.15, 0.2) is 75.4 Å². The van der Waals surface area contributed by atoms with Crippen LogP contribution in [0.2, 0.25) is 0 Å². The molecule has 0 bridgehead atoms. The Kier molecular flexibility index (Phi) is 7.05. The number of hydrogen-bond acceptors (Lipinski definition) is 8. The van der Waals surface area contributed by atoms with Gasteiger partial charge in [-0.25, -0.2) is 16.8 Å². The first-order valence-corrected chi connectivity index (χ1v) is 15.5. The first-order valence-electron chi connectivity index (χ1n) is 11.8. The Morgan fingerprint density at radius 2 is 1.81 bits per heavy atom. The van der Waals surface area contributed by atoms with E-state index in [1.807, 2.05) is 4.90 Å². The Labute approximate surface area is 215 Å². The Balaban J connectivity index is 1.49. The van der Waals surface area contributed by atoms with Gasteiger partial charge in [0, 0.05) is 50.3 Å². The Hall–Kier alpha value is -2.51. The second kappa shape index (κ2) is 10.1. The summed E-state index contributed by atoms with van der Waals surface area (Å²) in [7, 11) is -7.52. The molecular weight excluding hydrogens is 520 g/mol. The quantitative estimate of drug-likeness (QED) is 0.461. The predicted octanol–water partition coefficient (Wildman–Crippen LogP) is 2.97. The molecule has 192 valence electrons. The number of anilines is 1. The summed E-state index contributed by atoms with van der Waals surface area (Å²) >= 11 is 1.17. The lowest BCUT2D eigenvalue weighted by molar-refractivity contribution is 0.194. The fourth-order valence-electron chi connectivity index (χ4n) is 4.68. The normalized spacial score (nSPS) is 19.9. The van der Waals surface area contributed by atoms with Gasteiger partial charge >= 0.3 is 0 Å². The largest absolute Gasteiger partial charge is 0.508 e. The highest BCUT2D eigenvalue weighted by Crippen LogP contribution is 2.33. The van der Waals surface area contributed by atoms with E-state index in [1.165, 1.54) is 32.3 Å². The zero-order valence-corrected chi connectivity index (χ0v) is 22.0. The molecule has 12 heteroatoms. The van der Waals surface area contributed by atoms with Crippen LogP contribution in [0.25, 0.3) is 0 Å². The number of nitrogens with zero attached hydrogens (tertiary/aromatic N) is 4. The topological polar surface area (TPSA) is 111 Å². The molecule has 0 unspecified atom stereocenters. The minimum atomic E-state index is -3.83. The maximum absolute atomic E-state index is 13.7. The minimum Gasteiger partial charge on any atom is -0.508 e. The molecule has 0 spiro atoms. The van der Waals surface area contributed by atoms with E-state index in [0.29, 0.717) is 6.54 Å². The number of hydrogen-bond donors (Lipinski definition) is 1. The fraction of sp³-hybridized carbons (Fsp3) is 0.375. The first-order chi connectivity index (χ1) is 17.3. The van der Waals surface area contributed by atoms with Gasteiger partial charge in [0.1, 0.15) is 14.9 Å². The van der Waals surface area contributed by atoms with Crippen LogP contribution in [-0.4, -0.2) is 73.8 Å². The van der Waals surface area contributed by atoms with Crippen molar-refractivity contribution >= 4 is 37.1 Å². The van der Waals surface area contributed by atoms with Crippen molar-refractivity contribution in [2.45, 2.75) is 40.5 Å². The van der Waals surface area contributed by atoms with Gasteiger partial charge in [-0.1, -0.05) is 12.5 Å². The highest BCUT2D eigenvalue weighted by molar-refractivity contribution is 7.91. The van der Waals surface area contributed by atoms with Gasteiger partial charge in [0.15, 0.2) is 0 Å². The monoisotopic (exact) mass is 548 g/mol. The van der Waals surface area contributed by atoms with Crippen LogP contribution in [0, 0.1) is 0 Å². The Morgan fingerprint density at radius 3 is 2.42 bits per heavy atom. The molecule has 1 saturated heterocycles. The molecule has 2 aliphatic rings. The Bertz CT molecular complexity index is 1380. The van der Waals surface area contributed by atoms with Crippen LogP contribution in [-0.2, 0) is 20.0 Å². The summed E-state index contributed by atoms with van der Waals surface area (Å²) in [5.74, 6) is 0.129. The number of sulfonamides is 2. The third kappa shape index (κ3) is 4.88. The number of phenolic OH excluding ortho intramolecular Hbond substituents is 1. The van der Waals surface area contributed by atoms with Crippen molar-refractivity contribution in [1.82, 2.24) is 13.6 Å². The standard InChI is InChI=1S/C24H28N4O5S3/c29-22-10-8-19(9-11-22)27-14-13-26(36(32,33)24-7-3-15-34-24)17-21(27)18-28(20-4-1-5-20)35(30,31)23-6-2-12-25-16-23/h2-3,6-12,15-16,20-21,29H,1,4-5,13-14,17-18H2/t21-/m1/s1. The average Bonchev–Trinajstić information content (AvgIpc) is 3.40. The Morgan fingerprint density at radius 1 is 1.03 bits per heavy atom. The maximum atomic E-state index is 13.7. The SMILES string of the molecule is O=S(=O)(c1cccs1)N1CCN(c2ccc(O)cc2)[C@@H](CN(C2CCC2)S(=O)(=O)c2cccnc2)C1. The van der Waals surface area contributed by atoms with Crippen molar-refractivity contribution in [3.63, 3.8) is 0 Å². The third-order valence-electron chi connectivity index (χ3n) is 6.83. The lowest BCUT2D eigenvalue weighted by Gasteiger charge is -2.46. The van der Waals surface area contributed by atoms with Crippen LogP contribution in [0.4, 0.5) is 5.69 Å². The molecule has 0 amide bonds. The van der Waals surface area contributed by atoms with E-state index in [0.717, 1.165) is 24.9 Å². The number of benzene rings is 1. The lowest BCUT2D eigenvalue weighted by Crippen LogP contribution is -2.60. The van der Waals surface area contributed by atoms with Crippen LogP contribution in [0.5, 0.6) is 5.75 Å². The molecule has 9 nitrogen and oxygen atoms in total. The zero-order chi connectivity index (χ0) is 25.3. The van der Waals surface area contributed by atoms with Crippen molar-refractivity contribution in [3.8, 4) is 5.75 Å². The van der Waals surface area contributed by atoms with Crippen molar-refractivity contribution in [2.24, 2.45) is 0 Å². The molecule has 1 saturated carbocycles. The van der Waals surface area contributed by atoms with Crippen molar-refractivity contribution < 1.29 is 21.9 Å². The molecule has 1 aliphatic heterocycles. The van der Waals surface area contributed by atoms with Crippen LogP contribution >= 0.6 is 11.3 Å². The van der Waals surface area contributed by atoms with E-state index in [9.17, 15) is 21.9 Å². The second-order valence-electron chi connectivity index (χ2n) is 9.01. The van der Waals surface area contributed by atoms with Gasteiger partial charge in [-0.05, 0) is 60.7 Å². The second-order valence-corrected chi connectivity index (χ2v) is 14.0. The van der Waals surface area contributed by atoms with Crippen LogP contribution < -0.4 is 4.90 Å². The summed E-state index contributed by atoms with van der Waals surface area (Å²) in [5, 5.41) is 11.5. The molecule has 2 fully saturated rings. The number of aromatic nitrogens is 1. The van der Waals surface area contributed by atoms with E-state index in [4.69, 9.17) is 0 Å². The van der Waals surface area contributed by atoms with E-state index >= 15 is 0 Å². The van der Waals surface area contributed by atoms with Crippen molar-refractivity contribution in [3.05, 3.63) is 66.3 Å². The minimum absolute atomic E-state index is 0.129. The van der Waals surface area contributed by atoms with Gasteiger partial charge in [0.2, 0.25) is 10.0 Å². The summed E-state index contributed by atoms with van der Waals surface area (Å²) in [6, 6.07) is 12.6. The van der Waals surface area contributed by atoms with Gasteiger partial charge in [-0.2, -0.15) is 8.61 Å². The number of pyridine rings is 1. The first kappa shape index (κ1) is 25.2. The number of phenols is 1. The van der Waals surface area contributed by atoms with Crippen LogP contribution in [0.1, 0.15) is 19.3 Å². The molecule has 3 aromatic rings. The number of aromatic hydroxyl groups is 1. The van der Waals surface area contributed by atoms with Gasteiger partial charge in [-0.15, -0.1) is 11.3 Å². The highest BCUT2D eigenvalue weighted by atomic mass is 32.2. The zero-order valence-electron chi connectivity index (χ0n) is 19.5. The highest BCUT2D eigenvalue weighted by Gasteiger charge is 2.41. The molecule has 1 atom stereocenters. The molecule has 0 radical (unpaired) electrons. The van der Waals surface area contributed by atoms with E-state index in [2.05, 4.69) is 4.98 Å². The smallest absolute Gasteiger partial charge is 0.252 e. The summed E-state index contributed by atoms with van der Waals surface area (Å²) in [5.41, 5.74) is 0.804. The number of thiophene rings is 1. The molecule has 1 N–H and O–H groups in total. The van der Waals surface area contributed by atoms with Gasteiger partial charge in [-0.3, -0.25) is 4.98 Å². The third-order valence-corrected chi connectivity index (χ3v) is 12.0.